The van der Waals surface area contributed by atoms with Gasteiger partial charge < -0.3 is 4.57 Å². The van der Waals surface area contributed by atoms with E-state index in [1.807, 2.05) is 5.38 Å². The molecule has 0 spiro atoms. The number of hydrogen-bond donors (Lipinski definition) is 0. The van der Waals surface area contributed by atoms with Gasteiger partial charge in [-0.1, -0.05) is 0 Å². The molecule has 0 atom stereocenters. The van der Waals surface area contributed by atoms with Gasteiger partial charge in [0.25, 0.3) is 0 Å². The molecule has 0 N–H and O–H groups in total. The third kappa shape index (κ3) is 1.83. The molecule has 106 valence electrons. The Bertz CT molecular complexity index is 650. The molecule has 2 fully saturated rings. The van der Waals surface area contributed by atoms with Gasteiger partial charge in [-0.25, -0.2) is 4.39 Å². The number of thiophene rings is 1. The van der Waals surface area contributed by atoms with E-state index in [1.165, 1.54) is 37.0 Å². The Hall–Kier alpha value is -1.23. The highest BCUT2D eigenvalue weighted by Crippen LogP contribution is 2.47. The lowest BCUT2D eigenvalue weighted by Gasteiger charge is -2.24. The quantitative estimate of drug-likeness (QED) is 0.852. The van der Waals surface area contributed by atoms with Gasteiger partial charge in [0, 0.05) is 12.0 Å². The summed E-state index contributed by atoms with van der Waals surface area (Å²) in [5.74, 6) is 2.52. The van der Waals surface area contributed by atoms with E-state index in [9.17, 15) is 4.39 Å². The molecule has 4 rings (SSSR count). The molecule has 0 aliphatic heterocycles. The van der Waals surface area contributed by atoms with E-state index >= 15 is 0 Å². The fourth-order valence-electron chi connectivity index (χ4n) is 2.88. The summed E-state index contributed by atoms with van der Waals surface area (Å²) in [4.78, 5) is 0.758. The third-order valence-electron chi connectivity index (χ3n) is 4.32. The molecule has 0 bridgehead atoms. The summed E-state index contributed by atoms with van der Waals surface area (Å²) >= 11 is 1.47. The van der Waals surface area contributed by atoms with E-state index in [-0.39, 0.29) is 5.82 Å². The van der Waals surface area contributed by atoms with Crippen LogP contribution in [0.2, 0.25) is 0 Å². The highest BCUT2D eigenvalue weighted by atomic mass is 32.1. The second kappa shape index (κ2) is 4.13. The molecular formula is C15H18FN3S. The van der Waals surface area contributed by atoms with Crippen molar-refractivity contribution in [3.05, 3.63) is 33.8 Å². The number of halogens is 1. The zero-order valence-corrected chi connectivity index (χ0v) is 12.6. The molecule has 0 radical (unpaired) electrons. The minimum Gasteiger partial charge on any atom is -0.311 e. The fourth-order valence-corrected chi connectivity index (χ4v) is 3.77. The number of rotatable bonds is 4. The van der Waals surface area contributed by atoms with Crippen LogP contribution in [0.25, 0.3) is 0 Å². The second-order valence-corrected chi connectivity index (χ2v) is 7.40. The van der Waals surface area contributed by atoms with E-state index in [1.54, 1.807) is 6.07 Å². The van der Waals surface area contributed by atoms with Gasteiger partial charge in [0.05, 0.1) is 10.3 Å². The Morgan fingerprint density at radius 1 is 1.25 bits per heavy atom. The first-order valence-corrected chi connectivity index (χ1v) is 8.15. The highest BCUT2D eigenvalue weighted by molar-refractivity contribution is 7.10. The van der Waals surface area contributed by atoms with Crippen molar-refractivity contribution in [2.75, 3.05) is 0 Å². The van der Waals surface area contributed by atoms with E-state index in [0.717, 1.165) is 16.5 Å². The molecule has 2 heterocycles. The molecule has 3 nitrogen and oxygen atoms in total. The Morgan fingerprint density at radius 2 is 2.00 bits per heavy atom. The number of aromatic nitrogens is 3. The average Bonchev–Trinajstić information content (AvgIpc) is 3.34. The molecule has 2 aliphatic rings. The summed E-state index contributed by atoms with van der Waals surface area (Å²) in [6.07, 6.45) is 4.85. The molecule has 0 unspecified atom stereocenters. The summed E-state index contributed by atoms with van der Waals surface area (Å²) in [5.41, 5.74) is -0.416. The standard InChI is InChI=1S/C15H18FN3S/c1-15(2,12-11(16)7-8-20-12)14-18-17-13(9-3-4-9)19(14)10-5-6-10/h7-10H,3-6H2,1-2H3. The first kappa shape index (κ1) is 12.5. The molecule has 0 amide bonds. The Balaban J connectivity index is 1.83. The van der Waals surface area contributed by atoms with Crippen LogP contribution in [0.1, 0.15) is 68.0 Å². The molecule has 2 aromatic heterocycles. The van der Waals surface area contributed by atoms with Crippen molar-refractivity contribution in [2.45, 2.75) is 56.9 Å². The average molecular weight is 291 g/mol. The van der Waals surface area contributed by atoms with Gasteiger partial charge in [-0.15, -0.1) is 21.5 Å². The van der Waals surface area contributed by atoms with Crippen molar-refractivity contribution < 1.29 is 4.39 Å². The predicted molar refractivity (Wildman–Crippen MR) is 76.7 cm³/mol. The van der Waals surface area contributed by atoms with E-state index in [2.05, 4.69) is 28.6 Å². The fraction of sp³-hybridized carbons (Fsp3) is 0.600. The molecular weight excluding hydrogens is 273 g/mol. The van der Waals surface area contributed by atoms with E-state index in [0.29, 0.717) is 12.0 Å². The van der Waals surface area contributed by atoms with Crippen LogP contribution in [0.15, 0.2) is 11.4 Å². The largest absolute Gasteiger partial charge is 0.311 e. The van der Waals surface area contributed by atoms with Crippen LogP contribution in [-0.4, -0.2) is 14.8 Å². The van der Waals surface area contributed by atoms with Crippen molar-refractivity contribution >= 4 is 11.3 Å². The lowest BCUT2D eigenvalue weighted by molar-refractivity contribution is 0.504. The number of hydrogen-bond acceptors (Lipinski definition) is 3. The predicted octanol–water partition coefficient (Wildman–Crippen LogP) is 4.02. The maximum atomic E-state index is 14.0. The van der Waals surface area contributed by atoms with Crippen molar-refractivity contribution in [3.8, 4) is 0 Å². The summed E-state index contributed by atoms with van der Waals surface area (Å²) in [5, 5.41) is 10.7. The van der Waals surface area contributed by atoms with Crippen molar-refractivity contribution in [3.63, 3.8) is 0 Å². The molecule has 0 aromatic carbocycles. The van der Waals surface area contributed by atoms with Gasteiger partial charge in [-0.2, -0.15) is 0 Å². The number of nitrogens with zero attached hydrogens (tertiary/aromatic N) is 3. The van der Waals surface area contributed by atoms with Crippen LogP contribution >= 0.6 is 11.3 Å². The van der Waals surface area contributed by atoms with Crippen LogP contribution in [0.3, 0.4) is 0 Å². The van der Waals surface area contributed by atoms with Gasteiger partial charge in [-0.05, 0) is 51.0 Å². The molecule has 2 aromatic rings. The van der Waals surface area contributed by atoms with Crippen molar-refractivity contribution in [2.24, 2.45) is 0 Å². The molecule has 2 saturated carbocycles. The van der Waals surface area contributed by atoms with Gasteiger partial charge in [0.2, 0.25) is 0 Å². The van der Waals surface area contributed by atoms with Crippen LogP contribution < -0.4 is 0 Å². The minimum atomic E-state index is -0.416. The van der Waals surface area contributed by atoms with Crippen LogP contribution in [0.4, 0.5) is 4.39 Å². The normalized spacial score (nSPS) is 19.6. The third-order valence-corrected chi connectivity index (χ3v) is 5.53. The summed E-state index contributed by atoms with van der Waals surface area (Å²) in [7, 11) is 0. The van der Waals surface area contributed by atoms with Gasteiger partial charge in [-0.3, -0.25) is 0 Å². The first-order valence-electron chi connectivity index (χ1n) is 7.28. The zero-order valence-electron chi connectivity index (χ0n) is 11.8. The molecule has 5 heteroatoms. The Labute approximate surface area is 121 Å². The van der Waals surface area contributed by atoms with E-state index in [4.69, 9.17) is 0 Å². The molecule has 20 heavy (non-hydrogen) atoms. The minimum absolute atomic E-state index is 0.127. The van der Waals surface area contributed by atoms with E-state index < -0.39 is 5.41 Å². The monoisotopic (exact) mass is 291 g/mol. The topological polar surface area (TPSA) is 30.7 Å². The zero-order chi connectivity index (χ0) is 13.9. The van der Waals surface area contributed by atoms with Crippen LogP contribution in [-0.2, 0) is 5.41 Å². The Morgan fingerprint density at radius 3 is 2.55 bits per heavy atom. The SMILES string of the molecule is CC(C)(c1sccc1F)c1nnc(C2CC2)n1C1CC1. The smallest absolute Gasteiger partial charge is 0.144 e. The van der Waals surface area contributed by atoms with Crippen molar-refractivity contribution in [1.29, 1.82) is 0 Å². The summed E-state index contributed by atoms with van der Waals surface area (Å²) in [6, 6.07) is 2.08. The summed E-state index contributed by atoms with van der Waals surface area (Å²) in [6.45, 7) is 4.11. The van der Waals surface area contributed by atoms with Gasteiger partial charge >= 0.3 is 0 Å². The van der Waals surface area contributed by atoms with Gasteiger partial charge in [0.1, 0.15) is 17.5 Å². The lowest BCUT2D eigenvalue weighted by atomic mass is 9.90. The lowest BCUT2D eigenvalue weighted by Crippen LogP contribution is -2.24. The molecule has 2 aliphatic carbocycles. The maximum Gasteiger partial charge on any atom is 0.144 e. The molecule has 0 saturated heterocycles. The van der Waals surface area contributed by atoms with Crippen LogP contribution in [0.5, 0.6) is 0 Å². The van der Waals surface area contributed by atoms with Gasteiger partial charge in [0.15, 0.2) is 0 Å². The van der Waals surface area contributed by atoms with Crippen LogP contribution in [0, 0.1) is 5.82 Å². The summed E-state index contributed by atoms with van der Waals surface area (Å²) < 4.78 is 16.3. The van der Waals surface area contributed by atoms with Crippen molar-refractivity contribution in [1.82, 2.24) is 14.8 Å². The highest BCUT2D eigenvalue weighted by Gasteiger charge is 2.41. The Kier molecular flexibility index (Phi) is 2.58. The first-order chi connectivity index (χ1) is 9.59. The maximum absolute atomic E-state index is 14.0. The second-order valence-electron chi connectivity index (χ2n) is 6.48.